The average Bonchev–Trinajstić information content (AvgIpc) is 3.43. The number of methoxy groups -OCH3 is 1. The molecule has 0 atom stereocenters. The highest BCUT2D eigenvalue weighted by molar-refractivity contribution is 7.99. The topological polar surface area (TPSA) is 68.5 Å². The van der Waals surface area contributed by atoms with Crippen LogP contribution in [-0.2, 0) is 11.3 Å². The molecule has 0 saturated heterocycles. The van der Waals surface area contributed by atoms with Gasteiger partial charge in [0.15, 0.2) is 0 Å². The quantitative estimate of drug-likeness (QED) is 0.577. The summed E-state index contributed by atoms with van der Waals surface area (Å²) in [6, 6.07) is 12.2. The molecule has 0 spiro atoms. The van der Waals surface area contributed by atoms with E-state index >= 15 is 0 Å². The van der Waals surface area contributed by atoms with Gasteiger partial charge in [-0.2, -0.15) is 0 Å². The number of benzene rings is 2. The summed E-state index contributed by atoms with van der Waals surface area (Å²) in [4.78, 5) is 14.1. The van der Waals surface area contributed by atoms with Crippen LogP contribution in [0.15, 0.2) is 46.0 Å². The van der Waals surface area contributed by atoms with Crippen LogP contribution in [0.3, 0.4) is 0 Å². The molecule has 1 saturated carbocycles. The maximum atomic E-state index is 12.4. The van der Waals surface area contributed by atoms with Crippen LogP contribution in [0.25, 0.3) is 10.8 Å². The lowest BCUT2D eigenvalue weighted by molar-refractivity contribution is -0.127. The second-order valence-corrected chi connectivity index (χ2v) is 7.69. The normalized spacial score (nSPS) is 13.7. The van der Waals surface area contributed by atoms with E-state index in [1.165, 1.54) is 11.8 Å². The van der Waals surface area contributed by atoms with Gasteiger partial charge in [0, 0.05) is 19.5 Å². The summed E-state index contributed by atoms with van der Waals surface area (Å²) >= 11 is 1.29. The number of carbonyl (C=O) groups is 1. The predicted octanol–water partition coefficient (Wildman–Crippen LogP) is 3.86. The highest BCUT2D eigenvalue weighted by atomic mass is 32.2. The standard InChI is InChI=1S/C20H21N3O3S/c1-23(18(24)12-27-20-22-21-19(26-20)14-5-6-14)11-13-3-4-16-10-17(25-2)8-7-15(16)9-13/h3-4,7-10,14H,5-6,11-12H2,1-2H3. The van der Waals surface area contributed by atoms with Crippen molar-refractivity contribution in [1.29, 1.82) is 0 Å². The van der Waals surface area contributed by atoms with E-state index in [1.54, 1.807) is 12.0 Å². The highest BCUT2D eigenvalue weighted by Crippen LogP contribution is 2.39. The van der Waals surface area contributed by atoms with Gasteiger partial charge >= 0.3 is 0 Å². The van der Waals surface area contributed by atoms with Crippen LogP contribution < -0.4 is 4.74 Å². The molecule has 7 heteroatoms. The largest absolute Gasteiger partial charge is 0.497 e. The number of rotatable bonds is 7. The summed E-state index contributed by atoms with van der Waals surface area (Å²) in [5.41, 5.74) is 1.09. The lowest BCUT2D eigenvalue weighted by Crippen LogP contribution is -2.27. The SMILES string of the molecule is COc1ccc2cc(CN(C)C(=O)CSc3nnc(C4CC4)o3)ccc2c1. The first kappa shape index (κ1) is 17.9. The van der Waals surface area contributed by atoms with E-state index in [-0.39, 0.29) is 11.7 Å². The van der Waals surface area contributed by atoms with Crippen LogP contribution in [0.4, 0.5) is 0 Å². The number of carbonyl (C=O) groups excluding carboxylic acids is 1. The maximum absolute atomic E-state index is 12.4. The molecule has 0 bridgehead atoms. The van der Waals surface area contributed by atoms with E-state index in [2.05, 4.69) is 22.3 Å². The van der Waals surface area contributed by atoms with Gasteiger partial charge in [-0.25, -0.2) is 0 Å². The predicted molar refractivity (Wildman–Crippen MR) is 104 cm³/mol. The third-order valence-electron chi connectivity index (χ3n) is 4.63. The summed E-state index contributed by atoms with van der Waals surface area (Å²) in [6.45, 7) is 0.554. The molecular formula is C20H21N3O3S. The minimum absolute atomic E-state index is 0.0287. The van der Waals surface area contributed by atoms with Crippen molar-refractivity contribution in [3.63, 3.8) is 0 Å². The van der Waals surface area contributed by atoms with Gasteiger partial charge in [-0.3, -0.25) is 4.79 Å². The molecule has 0 unspecified atom stereocenters. The zero-order chi connectivity index (χ0) is 18.8. The molecule has 0 N–H and O–H groups in total. The highest BCUT2D eigenvalue weighted by Gasteiger charge is 2.29. The molecule has 1 amide bonds. The molecule has 0 aliphatic heterocycles. The van der Waals surface area contributed by atoms with Gasteiger partial charge in [-0.15, -0.1) is 10.2 Å². The average molecular weight is 383 g/mol. The smallest absolute Gasteiger partial charge is 0.277 e. The molecule has 1 aliphatic rings. The third kappa shape index (κ3) is 4.24. The fourth-order valence-electron chi connectivity index (χ4n) is 2.87. The second-order valence-electron chi connectivity index (χ2n) is 6.77. The summed E-state index contributed by atoms with van der Waals surface area (Å²) in [6.07, 6.45) is 2.24. The van der Waals surface area contributed by atoms with Gasteiger partial charge in [0.05, 0.1) is 12.9 Å². The molecule has 0 radical (unpaired) electrons. The van der Waals surface area contributed by atoms with E-state index in [4.69, 9.17) is 9.15 Å². The lowest BCUT2D eigenvalue weighted by atomic mass is 10.1. The first-order valence-electron chi connectivity index (χ1n) is 8.89. The van der Waals surface area contributed by atoms with Crippen molar-refractivity contribution in [2.45, 2.75) is 30.5 Å². The van der Waals surface area contributed by atoms with E-state index in [9.17, 15) is 4.79 Å². The Kier molecular flexibility index (Phi) is 5.03. The Morgan fingerprint density at radius 3 is 2.78 bits per heavy atom. The Bertz CT molecular complexity index is 968. The molecule has 1 aliphatic carbocycles. The number of nitrogens with zero attached hydrogens (tertiary/aromatic N) is 3. The molecule has 140 valence electrons. The van der Waals surface area contributed by atoms with Crippen LogP contribution in [0.5, 0.6) is 5.75 Å². The number of hydrogen-bond donors (Lipinski definition) is 0. The van der Waals surface area contributed by atoms with Crippen molar-refractivity contribution in [3.05, 3.63) is 47.9 Å². The van der Waals surface area contributed by atoms with Gasteiger partial charge in [0.25, 0.3) is 5.22 Å². The van der Waals surface area contributed by atoms with Crippen molar-refractivity contribution in [2.24, 2.45) is 0 Å². The first-order chi connectivity index (χ1) is 13.1. The molecule has 3 aromatic rings. The van der Waals surface area contributed by atoms with Gasteiger partial charge in [0.2, 0.25) is 11.8 Å². The minimum atomic E-state index is 0.0287. The summed E-state index contributed by atoms with van der Waals surface area (Å²) in [5.74, 6) is 2.28. The monoisotopic (exact) mass is 383 g/mol. The molecule has 2 aromatic carbocycles. The molecule has 6 nitrogen and oxygen atoms in total. The zero-order valence-corrected chi connectivity index (χ0v) is 16.2. The Labute approximate surface area is 161 Å². The summed E-state index contributed by atoms with van der Waals surface area (Å²) in [5, 5.41) is 10.8. The Balaban J connectivity index is 1.34. The van der Waals surface area contributed by atoms with Crippen LogP contribution in [-0.4, -0.2) is 40.9 Å². The minimum Gasteiger partial charge on any atom is -0.497 e. The van der Waals surface area contributed by atoms with Crippen LogP contribution in [0.2, 0.25) is 0 Å². The summed E-state index contributed by atoms with van der Waals surface area (Å²) in [7, 11) is 3.47. The van der Waals surface area contributed by atoms with E-state index in [0.29, 0.717) is 23.6 Å². The number of aromatic nitrogens is 2. The van der Waals surface area contributed by atoms with E-state index in [1.807, 2.05) is 31.3 Å². The fraction of sp³-hybridized carbons (Fsp3) is 0.350. The molecule has 4 rings (SSSR count). The van der Waals surface area contributed by atoms with Crippen molar-refractivity contribution in [3.8, 4) is 5.75 Å². The van der Waals surface area contributed by atoms with Crippen molar-refractivity contribution in [2.75, 3.05) is 19.9 Å². The van der Waals surface area contributed by atoms with Crippen LogP contribution in [0.1, 0.15) is 30.2 Å². The zero-order valence-electron chi connectivity index (χ0n) is 15.3. The summed E-state index contributed by atoms with van der Waals surface area (Å²) < 4.78 is 10.8. The Hall–Kier alpha value is -2.54. The molecule has 1 aromatic heterocycles. The Morgan fingerprint density at radius 2 is 2.00 bits per heavy atom. The number of thioether (sulfide) groups is 1. The number of fused-ring (bicyclic) bond motifs is 1. The molecule has 1 heterocycles. The maximum Gasteiger partial charge on any atom is 0.277 e. The molecular weight excluding hydrogens is 362 g/mol. The van der Waals surface area contributed by atoms with E-state index < -0.39 is 0 Å². The molecule has 27 heavy (non-hydrogen) atoms. The number of hydrogen-bond acceptors (Lipinski definition) is 6. The lowest BCUT2D eigenvalue weighted by Gasteiger charge is -2.17. The van der Waals surface area contributed by atoms with Crippen LogP contribution >= 0.6 is 11.8 Å². The van der Waals surface area contributed by atoms with Gasteiger partial charge in [0.1, 0.15) is 5.75 Å². The first-order valence-corrected chi connectivity index (χ1v) is 9.88. The van der Waals surface area contributed by atoms with Crippen molar-refractivity contribution in [1.82, 2.24) is 15.1 Å². The van der Waals surface area contributed by atoms with Crippen molar-refractivity contribution >= 4 is 28.4 Å². The van der Waals surface area contributed by atoms with Gasteiger partial charge in [-0.05, 0) is 47.4 Å². The van der Waals surface area contributed by atoms with Crippen molar-refractivity contribution < 1.29 is 13.9 Å². The molecule has 1 fully saturated rings. The van der Waals surface area contributed by atoms with Gasteiger partial charge in [-0.1, -0.05) is 30.0 Å². The second kappa shape index (κ2) is 7.60. The van der Waals surface area contributed by atoms with E-state index in [0.717, 1.165) is 34.9 Å². The van der Waals surface area contributed by atoms with Crippen LogP contribution in [0, 0.1) is 0 Å². The Morgan fingerprint density at radius 1 is 1.22 bits per heavy atom. The number of ether oxygens (including phenoxy) is 1. The fourth-order valence-corrected chi connectivity index (χ4v) is 3.58. The third-order valence-corrected chi connectivity index (χ3v) is 5.43. The van der Waals surface area contributed by atoms with Gasteiger partial charge < -0.3 is 14.1 Å². The number of amides is 1.